The normalized spacial score (nSPS) is 17.3. The van der Waals surface area contributed by atoms with Gasteiger partial charge < -0.3 is 5.73 Å². The van der Waals surface area contributed by atoms with Crippen molar-refractivity contribution in [3.63, 3.8) is 0 Å². The molecule has 2 aromatic heterocycles. The number of hydrogen-bond acceptors (Lipinski definition) is 4. The van der Waals surface area contributed by atoms with Gasteiger partial charge in [0.05, 0.1) is 10.7 Å². The molecule has 0 spiro atoms. The summed E-state index contributed by atoms with van der Waals surface area (Å²) in [6.07, 6.45) is 6.77. The Hall–Kier alpha value is -1.26. The first-order valence-corrected chi connectivity index (χ1v) is 6.27. The Bertz CT molecular complexity index is 488. The van der Waals surface area contributed by atoms with E-state index in [9.17, 15) is 0 Å². The van der Waals surface area contributed by atoms with Gasteiger partial charge in [0.15, 0.2) is 0 Å². The Morgan fingerprint density at radius 3 is 2.75 bits per heavy atom. The second-order valence-corrected chi connectivity index (χ2v) is 5.34. The van der Waals surface area contributed by atoms with Crippen LogP contribution in [0.1, 0.15) is 17.8 Å². The molecule has 1 aliphatic carbocycles. The average Bonchev–Trinajstić information content (AvgIpc) is 2.86. The predicted molar refractivity (Wildman–Crippen MR) is 65.2 cm³/mol. The summed E-state index contributed by atoms with van der Waals surface area (Å²) in [6, 6.07) is 3.96. The van der Waals surface area contributed by atoms with E-state index in [-0.39, 0.29) is 5.54 Å². The van der Waals surface area contributed by atoms with Crippen molar-refractivity contribution in [2.75, 3.05) is 0 Å². The summed E-state index contributed by atoms with van der Waals surface area (Å²) >= 11 is 1.70. The molecule has 0 unspecified atom stereocenters. The number of thiazole rings is 1. The van der Waals surface area contributed by atoms with Crippen molar-refractivity contribution >= 4 is 11.3 Å². The van der Waals surface area contributed by atoms with Gasteiger partial charge in [-0.3, -0.25) is 4.98 Å². The van der Waals surface area contributed by atoms with E-state index in [0.29, 0.717) is 0 Å². The Kier molecular flexibility index (Phi) is 2.26. The Balaban J connectivity index is 1.82. The maximum absolute atomic E-state index is 6.08. The van der Waals surface area contributed by atoms with E-state index in [0.717, 1.165) is 35.5 Å². The van der Waals surface area contributed by atoms with Gasteiger partial charge in [-0.15, -0.1) is 11.3 Å². The predicted octanol–water partition coefficient (Wildman–Crippen LogP) is 2.24. The van der Waals surface area contributed by atoms with Gasteiger partial charge in [-0.1, -0.05) is 0 Å². The maximum atomic E-state index is 6.08. The maximum Gasteiger partial charge on any atom is 0.0950 e. The van der Waals surface area contributed by atoms with Gasteiger partial charge in [-0.25, -0.2) is 4.98 Å². The summed E-state index contributed by atoms with van der Waals surface area (Å²) in [5.41, 5.74) is 8.29. The lowest BCUT2D eigenvalue weighted by molar-refractivity contribution is 0.669. The number of aromatic nitrogens is 2. The Labute approximate surface area is 98.4 Å². The van der Waals surface area contributed by atoms with E-state index in [4.69, 9.17) is 5.73 Å². The van der Waals surface area contributed by atoms with Crippen molar-refractivity contribution < 1.29 is 0 Å². The van der Waals surface area contributed by atoms with Gasteiger partial charge in [0.2, 0.25) is 0 Å². The third kappa shape index (κ3) is 1.99. The van der Waals surface area contributed by atoms with E-state index < -0.39 is 0 Å². The number of hydrogen-bond donors (Lipinski definition) is 1. The van der Waals surface area contributed by atoms with Crippen LogP contribution in [0.2, 0.25) is 0 Å². The van der Waals surface area contributed by atoms with Gasteiger partial charge in [-0.05, 0) is 25.0 Å². The molecule has 4 heteroatoms. The van der Waals surface area contributed by atoms with Crippen molar-refractivity contribution in [2.24, 2.45) is 5.73 Å². The SMILES string of the molecule is NC1(Cc2nc(-c3ccncc3)cs2)CC1. The van der Waals surface area contributed by atoms with Gasteiger partial charge >= 0.3 is 0 Å². The van der Waals surface area contributed by atoms with Crippen LogP contribution in [0.5, 0.6) is 0 Å². The molecule has 3 rings (SSSR count). The first-order valence-electron chi connectivity index (χ1n) is 5.39. The summed E-state index contributed by atoms with van der Waals surface area (Å²) in [5, 5.41) is 3.24. The van der Waals surface area contributed by atoms with Crippen LogP contribution >= 0.6 is 11.3 Å². The minimum atomic E-state index is 0.0490. The second kappa shape index (κ2) is 3.64. The lowest BCUT2D eigenvalue weighted by Gasteiger charge is -2.03. The minimum Gasteiger partial charge on any atom is -0.325 e. The van der Waals surface area contributed by atoms with Gasteiger partial charge in [0, 0.05) is 35.3 Å². The Morgan fingerprint density at radius 1 is 1.31 bits per heavy atom. The van der Waals surface area contributed by atoms with Crippen LogP contribution in [-0.4, -0.2) is 15.5 Å². The number of pyridine rings is 1. The first kappa shape index (κ1) is 9.93. The molecule has 2 aromatic rings. The molecular formula is C12H13N3S. The fraction of sp³-hybridized carbons (Fsp3) is 0.333. The topological polar surface area (TPSA) is 51.8 Å². The molecule has 1 fully saturated rings. The molecule has 0 bridgehead atoms. The molecule has 16 heavy (non-hydrogen) atoms. The zero-order valence-corrected chi connectivity index (χ0v) is 9.70. The van der Waals surface area contributed by atoms with Crippen LogP contribution in [0.25, 0.3) is 11.3 Å². The van der Waals surface area contributed by atoms with E-state index >= 15 is 0 Å². The fourth-order valence-electron chi connectivity index (χ4n) is 1.69. The first-order chi connectivity index (χ1) is 7.75. The Morgan fingerprint density at radius 2 is 2.06 bits per heavy atom. The lowest BCUT2D eigenvalue weighted by Crippen LogP contribution is -2.24. The van der Waals surface area contributed by atoms with Gasteiger partial charge in [-0.2, -0.15) is 0 Å². The molecule has 0 atom stereocenters. The number of nitrogens with zero attached hydrogens (tertiary/aromatic N) is 2. The third-order valence-corrected chi connectivity index (χ3v) is 3.77. The van der Waals surface area contributed by atoms with Crippen LogP contribution in [0, 0.1) is 0 Å². The second-order valence-electron chi connectivity index (χ2n) is 4.40. The van der Waals surface area contributed by atoms with Crippen LogP contribution in [0.3, 0.4) is 0 Å². The highest BCUT2D eigenvalue weighted by molar-refractivity contribution is 7.10. The number of nitrogens with two attached hydrogens (primary N) is 1. The smallest absolute Gasteiger partial charge is 0.0950 e. The van der Waals surface area contributed by atoms with Crippen LogP contribution in [0.4, 0.5) is 0 Å². The quantitative estimate of drug-likeness (QED) is 0.881. The molecule has 82 valence electrons. The average molecular weight is 231 g/mol. The number of rotatable bonds is 3. The molecule has 0 saturated heterocycles. The van der Waals surface area contributed by atoms with E-state index in [1.54, 1.807) is 23.7 Å². The van der Waals surface area contributed by atoms with Crippen LogP contribution in [0.15, 0.2) is 29.9 Å². The van der Waals surface area contributed by atoms with E-state index in [1.165, 1.54) is 0 Å². The van der Waals surface area contributed by atoms with Gasteiger partial charge in [0.1, 0.15) is 0 Å². The van der Waals surface area contributed by atoms with Crippen LogP contribution < -0.4 is 5.73 Å². The van der Waals surface area contributed by atoms with Crippen molar-refractivity contribution in [1.82, 2.24) is 9.97 Å². The minimum absolute atomic E-state index is 0.0490. The standard InChI is InChI=1S/C12H13N3S/c13-12(3-4-12)7-11-15-10(8-16-11)9-1-5-14-6-2-9/h1-2,5-6,8H,3-4,7,13H2. The monoisotopic (exact) mass is 231 g/mol. The molecule has 0 aromatic carbocycles. The van der Waals surface area contributed by atoms with Gasteiger partial charge in [0.25, 0.3) is 0 Å². The van der Waals surface area contributed by atoms with Crippen molar-refractivity contribution in [3.8, 4) is 11.3 Å². The molecule has 0 amide bonds. The van der Waals surface area contributed by atoms with Crippen molar-refractivity contribution in [3.05, 3.63) is 34.9 Å². The summed E-state index contributed by atoms with van der Waals surface area (Å²) in [6.45, 7) is 0. The van der Waals surface area contributed by atoms with E-state index in [1.807, 2.05) is 12.1 Å². The summed E-state index contributed by atoms with van der Waals surface area (Å²) < 4.78 is 0. The van der Waals surface area contributed by atoms with Crippen molar-refractivity contribution in [1.29, 1.82) is 0 Å². The highest BCUT2D eigenvalue weighted by Crippen LogP contribution is 2.36. The molecule has 2 heterocycles. The fourth-order valence-corrected chi connectivity index (χ4v) is 2.64. The molecule has 2 N–H and O–H groups in total. The molecule has 3 nitrogen and oxygen atoms in total. The molecule has 0 aliphatic heterocycles. The highest BCUT2D eigenvalue weighted by Gasteiger charge is 2.38. The highest BCUT2D eigenvalue weighted by atomic mass is 32.1. The summed E-state index contributed by atoms with van der Waals surface area (Å²) in [7, 11) is 0. The van der Waals surface area contributed by atoms with Crippen LogP contribution in [-0.2, 0) is 6.42 Å². The molecule has 0 radical (unpaired) electrons. The third-order valence-electron chi connectivity index (χ3n) is 2.92. The largest absolute Gasteiger partial charge is 0.325 e. The molecule has 1 aliphatic rings. The van der Waals surface area contributed by atoms with E-state index in [2.05, 4.69) is 15.3 Å². The molecule has 1 saturated carbocycles. The summed E-state index contributed by atoms with van der Waals surface area (Å²) in [4.78, 5) is 8.62. The zero-order chi connectivity index (χ0) is 11.0. The summed E-state index contributed by atoms with van der Waals surface area (Å²) in [5.74, 6) is 0. The van der Waals surface area contributed by atoms with Crippen molar-refractivity contribution in [2.45, 2.75) is 24.8 Å². The zero-order valence-electron chi connectivity index (χ0n) is 8.89. The molecular weight excluding hydrogens is 218 g/mol. The lowest BCUT2D eigenvalue weighted by atomic mass is 10.2.